The number of unbranched alkanes of at least 4 members (excludes halogenated alkanes) is 1. The molecular formula is C19H26N4O4. The molecule has 2 aromatic rings. The fourth-order valence-electron chi connectivity index (χ4n) is 2.50. The average Bonchev–Trinajstić information content (AvgIpc) is 2.71. The molecule has 8 nitrogen and oxygen atoms in total. The Balaban J connectivity index is 2.22. The maximum Gasteiger partial charge on any atom is 0.274 e. The lowest BCUT2D eigenvalue weighted by atomic mass is 10.2. The topological polar surface area (TPSA) is 85.8 Å². The molecule has 0 aliphatic heterocycles. The standard InChI is InChI=1S/C19H26N4O4/c1-6-7-10-23(2)19-20-9-8-14(22-19)18(24)21-13-11-15(25-3)17(27-5)16(12-13)26-4/h8-9,11-12H,6-7,10H2,1-5H3,(H,21,24). The van der Waals surface area contributed by atoms with E-state index >= 15 is 0 Å². The largest absolute Gasteiger partial charge is 0.493 e. The zero-order valence-corrected chi connectivity index (χ0v) is 16.4. The molecule has 0 aliphatic carbocycles. The number of rotatable bonds is 9. The van der Waals surface area contributed by atoms with Crippen molar-refractivity contribution < 1.29 is 19.0 Å². The van der Waals surface area contributed by atoms with E-state index in [-0.39, 0.29) is 11.6 Å². The number of amides is 1. The Kier molecular flexibility index (Phi) is 7.22. The van der Waals surface area contributed by atoms with E-state index in [9.17, 15) is 4.79 Å². The fraction of sp³-hybridized carbons (Fsp3) is 0.421. The number of nitrogens with zero attached hydrogens (tertiary/aromatic N) is 3. The van der Waals surface area contributed by atoms with E-state index in [1.165, 1.54) is 21.3 Å². The van der Waals surface area contributed by atoms with Crippen LogP contribution < -0.4 is 24.4 Å². The van der Waals surface area contributed by atoms with E-state index in [2.05, 4.69) is 22.2 Å². The number of hydrogen-bond donors (Lipinski definition) is 1. The zero-order chi connectivity index (χ0) is 19.8. The molecule has 0 unspecified atom stereocenters. The summed E-state index contributed by atoms with van der Waals surface area (Å²) in [7, 11) is 6.47. The molecule has 8 heteroatoms. The molecule has 0 spiro atoms. The summed E-state index contributed by atoms with van der Waals surface area (Å²) in [5.74, 6) is 1.53. The number of anilines is 2. The Morgan fingerprint density at radius 3 is 2.37 bits per heavy atom. The smallest absolute Gasteiger partial charge is 0.274 e. The second kappa shape index (κ2) is 9.61. The van der Waals surface area contributed by atoms with Crippen LogP contribution in [-0.4, -0.2) is 50.8 Å². The summed E-state index contributed by atoms with van der Waals surface area (Å²) in [6.07, 6.45) is 3.68. The molecule has 0 saturated carbocycles. The maximum absolute atomic E-state index is 12.6. The molecule has 0 atom stereocenters. The van der Waals surface area contributed by atoms with Gasteiger partial charge in [-0.15, -0.1) is 0 Å². The first-order valence-corrected chi connectivity index (χ1v) is 8.69. The highest BCUT2D eigenvalue weighted by Gasteiger charge is 2.16. The maximum atomic E-state index is 12.6. The van der Waals surface area contributed by atoms with Gasteiger partial charge in [0.15, 0.2) is 11.5 Å². The minimum atomic E-state index is -0.350. The molecule has 27 heavy (non-hydrogen) atoms. The first-order chi connectivity index (χ1) is 13.0. The van der Waals surface area contributed by atoms with Crippen LogP contribution in [0.2, 0.25) is 0 Å². The van der Waals surface area contributed by atoms with Gasteiger partial charge in [0.25, 0.3) is 5.91 Å². The molecule has 1 heterocycles. The molecule has 1 aromatic carbocycles. The van der Waals surface area contributed by atoms with Crippen LogP contribution >= 0.6 is 0 Å². The van der Waals surface area contributed by atoms with Crippen LogP contribution in [0.4, 0.5) is 11.6 Å². The van der Waals surface area contributed by atoms with Crippen LogP contribution in [0.25, 0.3) is 0 Å². The number of hydrogen-bond acceptors (Lipinski definition) is 7. The Bertz CT molecular complexity index is 757. The molecule has 1 amide bonds. The van der Waals surface area contributed by atoms with Crippen LogP contribution in [0.1, 0.15) is 30.3 Å². The highest BCUT2D eigenvalue weighted by Crippen LogP contribution is 2.39. The summed E-state index contributed by atoms with van der Waals surface area (Å²) in [5, 5.41) is 2.80. The van der Waals surface area contributed by atoms with E-state index in [4.69, 9.17) is 14.2 Å². The summed E-state index contributed by atoms with van der Waals surface area (Å²) < 4.78 is 15.9. The lowest BCUT2D eigenvalue weighted by molar-refractivity contribution is 0.102. The van der Waals surface area contributed by atoms with Gasteiger partial charge < -0.3 is 24.4 Å². The van der Waals surface area contributed by atoms with Gasteiger partial charge in [-0.3, -0.25) is 4.79 Å². The molecule has 2 rings (SSSR count). The van der Waals surface area contributed by atoms with Gasteiger partial charge >= 0.3 is 0 Å². The van der Waals surface area contributed by atoms with Gasteiger partial charge in [0.05, 0.1) is 21.3 Å². The Hall–Kier alpha value is -3.03. The summed E-state index contributed by atoms with van der Waals surface area (Å²) >= 11 is 0. The highest BCUT2D eigenvalue weighted by atomic mass is 16.5. The van der Waals surface area contributed by atoms with E-state index in [0.29, 0.717) is 28.9 Å². The van der Waals surface area contributed by atoms with Gasteiger partial charge in [0.2, 0.25) is 11.7 Å². The second-order valence-corrected chi connectivity index (χ2v) is 5.89. The minimum Gasteiger partial charge on any atom is -0.493 e. The predicted molar refractivity (Wildman–Crippen MR) is 104 cm³/mol. The first kappa shape index (κ1) is 20.3. The molecule has 1 aromatic heterocycles. The third-order valence-corrected chi connectivity index (χ3v) is 3.99. The first-order valence-electron chi connectivity index (χ1n) is 8.69. The minimum absolute atomic E-state index is 0.275. The summed E-state index contributed by atoms with van der Waals surface area (Å²) in [4.78, 5) is 23.1. The average molecular weight is 374 g/mol. The highest BCUT2D eigenvalue weighted by molar-refractivity contribution is 6.03. The van der Waals surface area contributed by atoms with Crippen LogP contribution in [0, 0.1) is 0 Å². The molecule has 0 bridgehead atoms. The van der Waals surface area contributed by atoms with Gasteiger partial charge in [-0.1, -0.05) is 13.3 Å². The monoisotopic (exact) mass is 374 g/mol. The Morgan fingerprint density at radius 2 is 1.81 bits per heavy atom. The van der Waals surface area contributed by atoms with Crippen LogP contribution in [0.15, 0.2) is 24.4 Å². The molecule has 0 saturated heterocycles. The second-order valence-electron chi connectivity index (χ2n) is 5.89. The van der Waals surface area contributed by atoms with E-state index in [1.807, 2.05) is 11.9 Å². The summed E-state index contributed by atoms with van der Waals surface area (Å²) in [6, 6.07) is 4.90. The van der Waals surface area contributed by atoms with Crippen molar-refractivity contribution in [1.82, 2.24) is 9.97 Å². The SMILES string of the molecule is CCCCN(C)c1nccc(C(=O)Nc2cc(OC)c(OC)c(OC)c2)n1. The number of nitrogens with one attached hydrogen (secondary N) is 1. The van der Waals surface area contributed by atoms with Crippen molar-refractivity contribution in [1.29, 1.82) is 0 Å². The van der Waals surface area contributed by atoms with Crippen molar-refractivity contribution in [3.8, 4) is 17.2 Å². The molecule has 0 aliphatic rings. The van der Waals surface area contributed by atoms with E-state index in [1.54, 1.807) is 24.4 Å². The number of carbonyl (C=O) groups excluding carboxylic acids is 1. The summed E-state index contributed by atoms with van der Waals surface area (Å²) in [6.45, 7) is 2.95. The summed E-state index contributed by atoms with van der Waals surface area (Å²) in [5.41, 5.74) is 0.783. The number of ether oxygens (including phenoxy) is 3. The van der Waals surface area contributed by atoms with E-state index < -0.39 is 0 Å². The quantitative estimate of drug-likeness (QED) is 0.722. The molecule has 1 N–H and O–H groups in total. The zero-order valence-electron chi connectivity index (χ0n) is 16.4. The Labute approximate surface area is 159 Å². The van der Waals surface area contributed by atoms with Crippen molar-refractivity contribution in [2.24, 2.45) is 0 Å². The van der Waals surface area contributed by atoms with Gasteiger partial charge in [0.1, 0.15) is 5.69 Å². The van der Waals surface area contributed by atoms with Gasteiger partial charge in [-0.25, -0.2) is 9.97 Å². The van der Waals surface area contributed by atoms with Gasteiger partial charge in [-0.2, -0.15) is 0 Å². The molecular weight excluding hydrogens is 348 g/mol. The number of aromatic nitrogens is 2. The number of carbonyl (C=O) groups is 1. The van der Waals surface area contributed by atoms with Crippen LogP contribution in [-0.2, 0) is 0 Å². The van der Waals surface area contributed by atoms with Crippen molar-refractivity contribution in [3.63, 3.8) is 0 Å². The van der Waals surface area contributed by atoms with Crippen molar-refractivity contribution >= 4 is 17.5 Å². The number of benzene rings is 1. The van der Waals surface area contributed by atoms with Crippen LogP contribution in [0.5, 0.6) is 17.2 Å². The van der Waals surface area contributed by atoms with Gasteiger partial charge in [-0.05, 0) is 12.5 Å². The normalized spacial score (nSPS) is 10.3. The Morgan fingerprint density at radius 1 is 1.15 bits per heavy atom. The third-order valence-electron chi connectivity index (χ3n) is 3.99. The third kappa shape index (κ3) is 4.99. The van der Waals surface area contributed by atoms with Crippen molar-refractivity contribution in [2.75, 3.05) is 45.1 Å². The lowest BCUT2D eigenvalue weighted by Crippen LogP contribution is -2.23. The van der Waals surface area contributed by atoms with Gasteiger partial charge in [0, 0.05) is 37.6 Å². The van der Waals surface area contributed by atoms with Crippen LogP contribution in [0.3, 0.4) is 0 Å². The fourth-order valence-corrected chi connectivity index (χ4v) is 2.50. The molecule has 0 radical (unpaired) electrons. The van der Waals surface area contributed by atoms with E-state index in [0.717, 1.165) is 19.4 Å². The lowest BCUT2D eigenvalue weighted by Gasteiger charge is -2.17. The molecule has 0 fully saturated rings. The number of methoxy groups -OCH3 is 3. The van der Waals surface area contributed by atoms with Crippen molar-refractivity contribution in [3.05, 3.63) is 30.1 Å². The predicted octanol–water partition coefficient (Wildman–Crippen LogP) is 2.99. The molecule has 146 valence electrons. The van der Waals surface area contributed by atoms with Crippen molar-refractivity contribution in [2.45, 2.75) is 19.8 Å².